The highest BCUT2D eigenvalue weighted by Gasteiger charge is 2.28. The second kappa shape index (κ2) is 5.37. The second-order valence-electron chi connectivity index (χ2n) is 4.75. The minimum Gasteiger partial charge on any atom is -0.395 e. The maximum atomic E-state index is 13.3. The van der Waals surface area contributed by atoms with Gasteiger partial charge < -0.3 is 11.1 Å². The van der Waals surface area contributed by atoms with Gasteiger partial charge in [0.1, 0.15) is 10.7 Å². The molecule has 6 nitrogen and oxygen atoms in total. The predicted molar refractivity (Wildman–Crippen MR) is 71.8 cm³/mol. The zero-order valence-electron chi connectivity index (χ0n) is 11.0. The van der Waals surface area contributed by atoms with Crippen LogP contribution in [0.4, 0.5) is 10.1 Å². The Balaban J connectivity index is 2.16. The fourth-order valence-electron chi connectivity index (χ4n) is 1.70. The first-order valence-corrected chi connectivity index (χ1v) is 7.56. The number of anilines is 1. The number of benzene rings is 1. The molecule has 3 N–H and O–H groups in total. The highest BCUT2D eigenvalue weighted by atomic mass is 32.2. The first kappa shape index (κ1) is 14.7. The lowest BCUT2D eigenvalue weighted by molar-refractivity contribution is -0.121. The van der Waals surface area contributed by atoms with E-state index in [-0.39, 0.29) is 23.4 Å². The minimum atomic E-state index is -4.00. The van der Waals surface area contributed by atoms with E-state index in [4.69, 9.17) is 5.73 Å². The number of nitrogens with zero attached hydrogens (tertiary/aromatic N) is 1. The maximum absolute atomic E-state index is 13.3. The third kappa shape index (κ3) is 3.07. The van der Waals surface area contributed by atoms with Crippen LogP contribution in [0.3, 0.4) is 0 Å². The number of nitrogens with two attached hydrogens (primary N) is 1. The molecule has 0 bridgehead atoms. The molecule has 1 aromatic carbocycles. The third-order valence-electron chi connectivity index (χ3n) is 3.01. The Morgan fingerprint density at radius 3 is 2.75 bits per heavy atom. The fourth-order valence-corrected chi connectivity index (χ4v) is 2.95. The number of sulfonamides is 1. The van der Waals surface area contributed by atoms with Crippen LogP contribution in [0.2, 0.25) is 0 Å². The largest absolute Gasteiger partial charge is 0.395 e. The van der Waals surface area contributed by atoms with Crippen LogP contribution in [0, 0.1) is 5.82 Å². The minimum absolute atomic E-state index is 0.151. The van der Waals surface area contributed by atoms with Gasteiger partial charge in [-0.2, -0.15) is 4.31 Å². The maximum Gasteiger partial charge on any atom is 0.245 e. The molecule has 8 heteroatoms. The van der Waals surface area contributed by atoms with Crippen LogP contribution in [0.1, 0.15) is 12.8 Å². The first-order valence-electron chi connectivity index (χ1n) is 6.12. The van der Waals surface area contributed by atoms with E-state index in [2.05, 4.69) is 5.32 Å². The number of likely N-dealkylation sites (N-methyl/N-ethyl adjacent to an activating group) is 1. The number of carbonyl (C=O) groups is 1. The molecule has 1 amide bonds. The average molecular weight is 301 g/mol. The molecule has 1 fully saturated rings. The van der Waals surface area contributed by atoms with Crippen LogP contribution in [-0.2, 0) is 14.8 Å². The molecule has 0 aliphatic heterocycles. The molecule has 0 aromatic heterocycles. The van der Waals surface area contributed by atoms with Crippen LogP contribution >= 0.6 is 0 Å². The normalized spacial score (nSPS) is 15.3. The average Bonchev–Trinajstić information content (AvgIpc) is 3.16. The van der Waals surface area contributed by atoms with Gasteiger partial charge in [0.2, 0.25) is 15.9 Å². The molecule has 1 aromatic rings. The second-order valence-corrected chi connectivity index (χ2v) is 6.77. The lowest BCUT2D eigenvalue weighted by Gasteiger charge is -2.18. The summed E-state index contributed by atoms with van der Waals surface area (Å²) < 4.78 is 38.7. The third-order valence-corrected chi connectivity index (χ3v) is 4.87. The molecule has 0 radical (unpaired) electrons. The van der Waals surface area contributed by atoms with Crippen molar-refractivity contribution < 1.29 is 17.6 Å². The van der Waals surface area contributed by atoms with Crippen LogP contribution in [0.5, 0.6) is 0 Å². The van der Waals surface area contributed by atoms with Crippen molar-refractivity contribution in [1.29, 1.82) is 0 Å². The number of rotatable bonds is 5. The number of nitrogens with one attached hydrogen (secondary N) is 1. The molecule has 20 heavy (non-hydrogen) atoms. The molecule has 0 saturated heterocycles. The quantitative estimate of drug-likeness (QED) is 0.765. The van der Waals surface area contributed by atoms with Gasteiger partial charge in [-0.1, -0.05) is 6.07 Å². The Morgan fingerprint density at radius 1 is 1.50 bits per heavy atom. The van der Waals surface area contributed by atoms with Gasteiger partial charge in [-0.15, -0.1) is 0 Å². The molecule has 1 saturated carbocycles. The van der Waals surface area contributed by atoms with Gasteiger partial charge in [0, 0.05) is 13.1 Å². The summed E-state index contributed by atoms with van der Waals surface area (Å²) >= 11 is 0. The monoisotopic (exact) mass is 301 g/mol. The molecule has 0 atom stereocenters. The number of hydrogen-bond acceptors (Lipinski definition) is 4. The zero-order valence-corrected chi connectivity index (χ0v) is 11.8. The molecule has 0 spiro atoms. The van der Waals surface area contributed by atoms with Crippen molar-refractivity contribution in [2.24, 2.45) is 0 Å². The number of carbonyl (C=O) groups excluding carboxylic acids is 1. The summed E-state index contributed by atoms with van der Waals surface area (Å²) in [4.78, 5) is 11.3. The van der Waals surface area contributed by atoms with Crippen molar-refractivity contribution in [3.05, 3.63) is 24.0 Å². The smallest absolute Gasteiger partial charge is 0.245 e. The van der Waals surface area contributed by atoms with Crippen LogP contribution in [0.25, 0.3) is 0 Å². The summed E-state index contributed by atoms with van der Waals surface area (Å²) in [5, 5.41) is 2.68. The Bertz CT molecular complexity index is 629. The number of hydrogen-bond donors (Lipinski definition) is 2. The molecule has 110 valence electrons. The van der Waals surface area contributed by atoms with Gasteiger partial charge in [-0.3, -0.25) is 4.79 Å². The summed E-state index contributed by atoms with van der Waals surface area (Å²) in [7, 11) is -2.74. The molecule has 1 aliphatic rings. The molecular formula is C12H16FN3O3S. The summed E-state index contributed by atoms with van der Waals surface area (Å²) in [5.74, 6) is -1.18. The lowest BCUT2D eigenvalue weighted by atomic mass is 10.3. The fraction of sp³-hybridized carbons (Fsp3) is 0.417. The van der Waals surface area contributed by atoms with Crippen LogP contribution < -0.4 is 11.1 Å². The Labute approximate surface area is 116 Å². The van der Waals surface area contributed by atoms with Gasteiger partial charge in [0.25, 0.3) is 0 Å². The number of halogens is 1. The SMILES string of the molecule is CN(CC(=O)NC1CC1)S(=O)(=O)c1cccc(F)c1N. The van der Waals surface area contributed by atoms with E-state index in [9.17, 15) is 17.6 Å². The molecule has 2 rings (SSSR count). The molecule has 0 heterocycles. The molecular weight excluding hydrogens is 285 g/mol. The van der Waals surface area contributed by atoms with Gasteiger partial charge in [0.05, 0.1) is 12.2 Å². The number of para-hydroxylation sites is 1. The van der Waals surface area contributed by atoms with E-state index in [0.29, 0.717) is 0 Å². The Kier molecular flexibility index (Phi) is 3.96. The molecule has 1 aliphatic carbocycles. The van der Waals surface area contributed by atoms with E-state index in [1.807, 2.05) is 0 Å². The Morgan fingerprint density at radius 2 is 2.15 bits per heavy atom. The van der Waals surface area contributed by atoms with Crippen molar-refractivity contribution in [2.45, 2.75) is 23.8 Å². The predicted octanol–water partition coefficient (Wildman–Crippen LogP) is 0.307. The van der Waals surface area contributed by atoms with Crippen molar-refractivity contribution in [2.75, 3.05) is 19.3 Å². The molecule has 0 unspecified atom stereocenters. The van der Waals surface area contributed by atoms with Gasteiger partial charge >= 0.3 is 0 Å². The summed E-state index contributed by atoms with van der Waals surface area (Å²) in [6.07, 6.45) is 1.83. The number of nitrogen functional groups attached to an aromatic ring is 1. The van der Waals surface area contributed by atoms with Crippen molar-refractivity contribution in [3.8, 4) is 0 Å². The summed E-state index contributed by atoms with van der Waals surface area (Å²) in [5.41, 5.74) is 5.00. The highest BCUT2D eigenvalue weighted by Crippen LogP contribution is 2.24. The van der Waals surface area contributed by atoms with Crippen LogP contribution in [-0.4, -0.2) is 38.3 Å². The topological polar surface area (TPSA) is 92.5 Å². The zero-order chi connectivity index (χ0) is 14.9. The van der Waals surface area contributed by atoms with Crippen LogP contribution in [0.15, 0.2) is 23.1 Å². The van der Waals surface area contributed by atoms with E-state index in [1.54, 1.807) is 0 Å². The van der Waals surface area contributed by atoms with E-state index in [0.717, 1.165) is 23.2 Å². The Hall–Kier alpha value is -1.67. The van der Waals surface area contributed by atoms with Gasteiger partial charge in [-0.05, 0) is 25.0 Å². The lowest BCUT2D eigenvalue weighted by Crippen LogP contribution is -2.39. The van der Waals surface area contributed by atoms with Gasteiger partial charge in [0.15, 0.2) is 0 Å². The van der Waals surface area contributed by atoms with E-state index >= 15 is 0 Å². The van der Waals surface area contributed by atoms with E-state index in [1.165, 1.54) is 19.2 Å². The van der Waals surface area contributed by atoms with Crippen molar-refractivity contribution in [1.82, 2.24) is 9.62 Å². The van der Waals surface area contributed by atoms with Crippen molar-refractivity contribution >= 4 is 21.6 Å². The first-order chi connectivity index (χ1) is 9.32. The number of amides is 1. The summed E-state index contributed by atoms with van der Waals surface area (Å²) in [6.45, 7) is -0.325. The summed E-state index contributed by atoms with van der Waals surface area (Å²) in [6, 6.07) is 3.70. The highest BCUT2D eigenvalue weighted by molar-refractivity contribution is 7.89. The van der Waals surface area contributed by atoms with Crippen molar-refractivity contribution in [3.63, 3.8) is 0 Å². The van der Waals surface area contributed by atoms with Gasteiger partial charge in [-0.25, -0.2) is 12.8 Å². The van der Waals surface area contributed by atoms with E-state index < -0.39 is 21.5 Å². The standard InChI is InChI=1S/C12H16FN3O3S/c1-16(7-11(17)15-8-5-6-8)20(18,19)10-4-2-3-9(13)12(10)14/h2-4,8H,5-7,14H2,1H3,(H,15,17).